The van der Waals surface area contributed by atoms with E-state index in [9.17, 15) is 4.79 Å². The lowest BCUT2D eigenvalue weighted by molar-refractivity contribution is -0.122. The van der Waals surface area contributed by atoms with Crippen molar-refractivity contribution in [1.29, 1.82) is 0 Å². The number of carbonyl (C=O) groups is 1. The zero-order valence-corrected chi connectivity index (χ0v) is 11.6. The van der Waals surface area contributed by atoms with Gasteiger partial charge in [-0.3, -0.25) is 4.79 Å². The summed E-state index contributed by atoms with van der Waals surface area (Å²) in [6.45, 7) is 6.28. The molecule has 0 spiro atoms. The van der Waals surface area contributed by atoms with Gasteiger partial charge < -0.3 is 16.0 Å². The lowest BCUT2D eigenvalue weighted by Crippen LogP contribution is -2.45. The van der Waals surface area contributed by atoms with Gasteiger partial charge in [-0.25, -0.2) is 0 Å². The first kappa shape index (κ1) is 14.5. The Morgan fingerprint density at radius 2 is 1.94 bits per heavy atom. The summed E-state index contributed by atoms with van der Waals surface area (Å²) in [5.74, 6) is 0.0272. The SMILES string of the molecule is CC(C)NC(=O)C(C)N(C)c1ccccc1CN. The van der Waals surface area contributed by atoms with Gasteiger partial charge in [0.05, 0.1) is 0 Å². The van der Waals surface area contributed by atoms with Crippen molar-refractivity contribution < 1.29 is 4.79 Å². The van der Waals surface area contributed by atoms with Gasteiger partial charge in [0.25, 0.3) is 0 Å². The molecule has 3 N–H and O–H groups in total. The number of para-hydroxylation sites is 1. The molecule has 0 saturated heterocycles. The van der Waals surface area contributed by atoms with E-state index in [1.165, 1.54) is 0 Å². The smallest absolute Gasteiger partial charge is 0.242 e. The van der Waals surface area contributed by atoms with Crippen LogP contribution in [0.4, 0.5) is 5.69 Å². The fraction of sp³-hybridized carbons (Fsp3) is 0.500. The van der Waals surface area contributed by atoms with Gasteiger partial charge in [-0.1, -0.05) is 18.2 Å². The van der Waals surface area contributed by atoms with E-state index in [1.54, 1.807) is 0 Å². The molecule has 4 nitrogen and oxygen atoms in total. The fourth-order valence-electron chi connectivity index (χ4n) is 1.82. The van der Waals surface area contributed by atoms with E-state index in [-0.39, 0.29) is 18.0 Å². The van der Waals surface area contributed by atoms with Gasteiger partial charge in [-0.05, 0) is 32.4 Å². The summed E-state index contributed by atoms with van der Waals surface area (Å²) in [6, 6.07) is 7.81. The van der Waals surface area contributed by atoms with Crippen molar-refractivity contribution >= 4 is 11.6 Å². The van der Waals surface area contributed by atoms with Crippen LogP contribution in [0.3, 0.4) is 0 Å². The Hall–Kier alpha value is -1.55. The first-order valence-corrected chi connectivity index (χ1v) is 6.28. The summed E-state index contributed by atoms with van der Waals surface area (Å²) >= 11 is 0. The number of nitrogens with zero attached hydrogens (tertiary/aromatic N) is 1. The lowest BCUT2D eigenvalue weighted by Gasteiger charge is -2.28. The maximum Gasteiger partial charge on any atom is 0.242 e. The van der Waals surface area contributed by atoms with Crippen LogP contribution in [-0.4, -0.2) is 25.0 Å². The molecular formula is C14H23N3O. The maximum atomic E-state index is 12.0. The number of amides is 1. The Bertz CT molecular complexity index is 404. The van der Waals surface area contributed by atoms with Gasteiger partial charge >= 0.3 is 0 Å². The molecule has 4 heteroatoms. The molecule has 1 aromatic carbocycles. The van der Waals surface area contributed by atoms with E-state index in [0.29, 0.717) is 6.54 Å². The van der Waals surface area contributed by atoms with Crippen molar-refractivity contribution in [3.63, 3.8) is 0 Å². The molecule has 0 radical (unpaired) electrons. The second kappa shape index (κ2) is 6.40. The maximum absolute atomic E-state index is 12.0. The summed E-state index contributed by atoms with van der Waals surface area (Å²) in [4.78, 5) is 13.9. The molecule has 0 aromatic heterocycles. The highest BCUT2D eigenvalue weighted by molar-refractivity contribution is 5.85. The number of rotatable bonds is 5. The molecule has 0 aliphatic carbocycles. The number of anilines is 1. The fourth-order valence-corrected chi connectivity index (χ4v) is 1.82. The van der Waals surface area contributed by atoms with E-state index in [0.717, 1.165) is 11.3 Å². The zero-order chi connectivity index (χ0) is 13.7. The van der Waals surface area contributed by atoms with Crippen molar-refractivity contribution in [3.8, 4) is 0 Å². The van der Waals surface area contributed by atoms with Crippen molar-refractivity contribution in [1.82, 2.24) is 5.32 Å². The van der Waals surface area contributed by atoms with Gasteiger partial charge in [0.2, 0.25) is 5.91 Å². The predicted octanol–water partition coefficient (Wildman–Crippen LogP) is 1.49. The number of nitrogens with two attached hydrogens (primary N) is 1. The van der Waals surface area contributed by atoms with Crippen LogP contribution in [0.15, 0.2) is 24.3 Å². The number of carbonyl (C=O) groups excluding carboxylic acids is 1. The van der Waals surface area contributed by atoms with Crippen LogP contribution in [0.5, 0.6) is 0 Å². The van der Waals surface area contributed by atoms with Gasteiger partial charge in [-0.15, -0.1) is 0 Å². The minimum atomic E-state index is -0.222. The Kier molecular flexibility index (Phi) is 5.16. The molecular weight excluding hydrogens is 226 g/mol. The molecule has 0 heterocycles. The van der Waals surface area contributed by atoms with Crippen LogP contribution in [0.2, 0.25) is 0 Å². The first-order chi connectivity index (χ1) is 8.47. The van der Waals surface area contributed by atoms with Crippen molar-refractivity contribution in [2.75, 3.05) is 11.9 Å². The van der Waals surface area contributed by atoms with E-state index in [4.69, 9.17) is 5.73 Å². The summed E-state index contributed by atoms with van der Waals surface area (Å²) < 4.78 is 0. The normalized spacial score (nSPS) is 12.3. The Labute approximate surface area is 109 Å². The van der Waals surface area contributed by atoms with Gasteiger partial charge in [-0.2, -0.15) is 0 Å². The minimum Gasteiger partial charge on any atom is -0.363 e. The van der Waals surface area contributed by atoms with Crippen molar-refractivity contribution in [2.45, 2.75) is 39.4 Å². The first-order valence-electron chi connectivity index (χ1n) is 6.28. The molecule has 0 fully saturated rings. The number of benzene rings is 1. The summed E-state index contributed by atoms with van der Waals surface area (Å²) in [5.41, 5.74) is 7.77. The summed E-state index contributed by atoms with van der Waals surface area (Å²) in [5, 5.41) is 2.92. The zero-order valence-electron chi connectivity index (χ0n) is 11.6. The highest BCUT2D eigenvalue weighted by atomic mass is 16.2. The second-order valence-corrected chi connectivity index (χ2v) is 4.78. The monoisotopic (exact) mass is 249 g/mol. The lowest BCUT2D eigenvalue weighted by atomic mass is 10.1. The summed E-state index contributed by atoms with van der Waals surface area (Å²) in [6.07, 6.45) is 0. The molecule has 0 bridgehead atoms. The van der Waals surface area contributed by atoms with E-state index in [2.05, 4.69) is 5.32 Å². The molecule has 1 amide bonds. The molecule has 0 aliphatic rings. The highest BCUT2D eigenvalue weighted by Gasteiger charge is 2.20. The second-order valence-electron chi connectivity index (χ2n) is 4.78. The number of likely N-dealkylation sites (N-methyl/N-ethyl adjacent to an activating group) is 1. The van der Waals surface area contributed by atoms with Crippen LogP contribution in [0.25, 0.3) is 0 Å². The molecule has 1 rings (SSSR count). The third-order valence-electron chi connectivity index (χ3n) is 2.98. The third kappa shape index (κ3) is 3.47. The molecule has 18 heavy (non-hydrogen) atoms. The van der Waals surface area contributed by atoms with Crippen molar-refractivity contribution in [2.24, 2.45) is 5.73 Å². The number of hydrogen-bond donors (Lipinski definition) is 2. The average Bonchev–Trinajstić information content (AvgIpc) is 2.36. The number of nitrogens with one attached hydrogen (secondary N) is 1. The van der Waals surface area contributed by atoms with Crippen LogP contribution in [0, 0.1) is 0 Å². The largest absolute Gasteiger partial charge is 0.363 e. The average molecular weight is 249 g/mol. The van der Waals surface area contributed by atoms with Gasteiger partial charge in [0, 0.05) is 25.3 Å². The van der Waals surface area contributed by atoms with Crippen LogP contribution in [0.1, 0.15) is 26.3 Å². The molecule has 100 valence electrons. The number of hydrogen-bond acceptors (Lipinski definition) is 3. The topological polar surface area (TPSA) is 58.4 Å². The highest BCUT2D eigenvalue weighted by Crippen LogP contribution is 2.20. The summed E-state index contributed by atoms with van der Waals surface area (Å²) in [7, 11) is 1.92. The molecule has 0 aliphatic heterocycles. The quantitative estimate of drug-likeness (QED) is 0.831. The van der Waals surface area contributed by atoms with Crippen LogP contribution in [-0.2, 0) is 11.3 Å². The van der Waals surface area contributed by atoms with E-state index < -0.39 is 0 Å². The molecule has 0 saturated carbocycles. The van der Waals surface area contributed by atoms with Crippen molar-refractivity contribution in [3.05, 3.63) is 29.8 Å². The van der Waals surface area contributed by atoms with Crippen LogP contribution < -0.4 is 16.0 Å². The molecule has 1 unspecified atom stereocenters. The van der Waals surface area contributed by atoms with E-state index >= 15 is 0 Å². The Morgan fingerprint density at radius 3 is 2.50 bits per heavy atom. The Morgan fingerprint density at radius 1 is 1.33 bits per heavy atom. The third-order valence-corrected chi connectivity index (χ3v) is 2.98. The van der Waals surface area contributed by atoms with Gasteiger partial charge in [0.15, 0.2) is 0 Å². The predicted molar refractivity (Wildman–Crippen MR) is 75.5 cm³/mol. The minimum absolute atomic E-state index is 0.0272. The van der Waals surface area contributed by atoms with E-state index in [1.807, 2.05) is 57.0 Å². The van der Waals surface area contributed by atoms with Crippen LogP contribution >= 0.6 is 0 Å². The molecule has 1 atom stereocenters. The standard InChI is InChI=1S/C14H23N3O/c1-10(2)16-14(18)11(3)17(4)13-8-6-5-7-12(13)9-15/h5-8,10-11H,9,15H2,1-4H3,(H,16,18). The molecule has 1 aromatic rings. The van der Waals surface area contributed by atoms with Gasteiger partial charge in [0.1, 0.15) is 6.04 Å². The Balaban J connectivity index is 2.85.